The molecule has 0 unspecified atom stereocenters. The van der Waals surface area contributed by atoms with Crippen molar-refractivity contribution in [3.05, 3.63) is 30.1 Å². The van der Waals surface area contributed by atoms with Gasteiger partial charge in [0.25, 0.3) is 0 Å². The number of nitrogens with one attached hydrogen (secondary N) is 1. The summed E-state index contributed by atoms with van der Waals surface area (Å²) in [7, 11) is 0. The van der Waals surface area contributed by atoms with Gasteiger partial charge in [-0.2, -0.15) is 0 Å². The molecule has 2 amide bonds. The fraction of sp³-hybridized carbons (Fsp3) is 0.640. The van der Waals surface area contributed by atoms with Crippen molar-refractivity contribution in [2.75, 3.05) is 44.2 Å². The number of hydrogen-bond donors (Lipinski definition) is 2. The van der Waals surface area contributed by atoms with E-state index < -0.39 is 17.6 Å². The number of piperazine rings is 1. The van der Waals surface area contributed by atoms with Crippen molar-refractivity contribution >= 4 is 23.7 Å². The quantitative estimate of drug-likeness (QED) is 0.590. The molecule has 192 valence electrons. The molecule has 3 atom stereocenters. The summed E-state index contributed by atoms with van der Waals surface area (Å²) in [6.45, 7) is 8.02. The maximum atomic E-state index is 13.2. The number of anilines is 1. The first-order valence-electron chi connectivity index (χ1n) is 12.4. The lowest BCUT2D eigenvalue weighted by Gasteiger charge is -2.41. The fourth-order valence-electron chi connectivity index (χ4n) is 5.61. The zero-order chi connectivity index (χ0) is 25.2. The van der Waals surface area contributed by atoms with E-state index in [4.69, 9.17) is 9.84 Å². The van der Waals surface area contributed by atoms with Gasteiger partial charge in [-0.05, 0) is 57.4 Å². The molecule has 3 heterocycles. The van der Waals surface area contributed by atoms with Crippen molar-refractivity contribution in [2.45, 2.75) is 57.7 Å². The van der Waals surface area contributed by atoms with Gasteiger partial charge in [0.05, 0.1) is 5.41 Å². The van der Waals surface area contributed by atoms with Crippen molar-refractivity contribution in [2.24, 2.45) is 5.41 Å². The summed E-state index contributed by atoms with van der Waals surface area (Å²) < 4.78 is 19.0. The van der Waals surface area contributed by atoms with Crippen molar-refractivity contribution in [1.29, 1.82) is 0 Å². The van der Waals surface area contributed by atoms with E-state index in [9.17, 15) is 18.8 Å². The zero-order valence-electron chi connectivity index (χ0n) is 20.4. The first-order chi connectivity index (χ1) is 16.7. The van der Waals surface area contributed by atoms with Crippen LogP contribution in [0.25, 0.3) is 0 Å². The third-order valence-corrected chi connectivity index (χ3v) is 7.76. The Hall–Kier alpha value is -2.88. The highest BCUT2D eigenvalue weighted by atomic mass is 19.1. The second-order valence-electron chi connectivity index (χ2n) is 10.1. The minimum Gasteiger partial charge on any atom is -0.465 e. The van der Waals surface area contributed by atoms with Gasteiger partial charge in [-0.3, -0.25) is 14.5 Å². The highest BCUT2D eigenvalue weighted by molar-refractivity contribution is 5.85. The average Bonchev–Trinajstić information content (AvgIpc) is 3.12. The van der Waals surface area contributed by atoms with E-state index >= 15 is 0 Å². The van der Waals surface area contributed by atoms with Crippen LogP contribution in [0.2, 0.25) is 0 Å². The van der Waals surface area contributed by atoms with E-state index in [-0.39, 0.29) is 23.8 Å². The van der Waals surface area contributed by atoms with Crippen molar-refractivity contribution in [3.8, 4) is 0 Å². The first-order valence-corrected chi connectivity index (χ1v) is 12.4. The fourth-order valence-corrected chi connectivity index (χ4v) is 5.61. The normalized spacial score (nSPS) is 25.4. The van der Waals surface area contributed by atoms with Crippen LogP contribution in [0.4, 0.5) is 14.9 Å². The molecule has 1 spiro atoms. The highest BCUT2D eigenvalue weighted by Crippen LogP contribution is 2.44. The number of nitrogens with zero attached hydrogens (tertiary/aromatic N) is 3. The Balaban J connectivity index is 1.24. The van der Waals surface area contributed by atoms with E-state index in [1.54, 1.807) is 4.90 Å². The summed E-state index contributed by atoms with van der Waals surface area (Å²) in [6.07, 6.45) is 1.17. The number of rotatable bonds is 6. The molecule has 0 radical (unpaired) electrons. The van der Waals surface area contributed by atoms with Crippen LogP contribution in [-0.4, -0.2) is 90.3 Å². The van der Waals surface area contributed by atoms with Crippen molar-refractivity contribution < 1.29 is 28.6 Å². The lowest BCUT2D eigenvalue weighted by molar-refractivity contribution is -0.153. The van der Waals surface area contributed by atoms with Crippen LogP contribution < -0.4 is 10.2 Å². The molecule has 0 saturated carbocycles. The number of hydrogen-bond acceptors (Lipinski definition) is 6. The van der Waals surface area contributed by atoms with Crippen LogP contribution in [0.3, 0.4) is 0 Å². The zero-order valence-corrected chi connectivity index (χ0v) is 20.4. The highest BCUT2D eigenvalue weighted by Gasteiger charge is 2.51. The molecule has 3 aliphatic rings. The van der Waals surface area contributed by atoms with E-state index in [1.807, 2.05) is 12.1 Å². The van der Waals surface area contributed by atoms with Gasteiger partial charge in [0.2, 0.25) is 5.91 Å². The predicted molar refractivity (Wildman–Crippen MR) is 128 cm³/mol. The lowest BCUT2D eigenvalue weighted by Crippen LogP contribution is -2.52. The molecular formula is C25H35FN4O5. The second kappa shape index (κ2) is 10.4. The number of likely N-dealkylation sites (tertiary alicyclic amines) is 1. The molecule has 3 aliphatic heterocycles. The Morgan fingerprint density at radius 1 is 1.20 bits per heavy atom. The van der Waals surface area contributed by atoms with E-state index in [0.29, 0.717) is 38.4 Å². The van der Waals surface area contributed by atoms with Gasteiger partial charge in [-0.1, -0.05) is 0 Å². The number of cyclic esters (lactones) is 1. The number of benzene rings is 1. The Labute approximate surface area is 205 Å². The summed E-state index contributed by atoms with van der Waals surface area (Å²) in [5, 5.41) is 11.0. The Bertz CT molecular complexity index is 934. The molecule has 0 aliphatic carbocycles. The smallest absolute Gasteiger partial charge is 0.405 e. The summed E-state index contributed by atoms with van der Waals surface area (Å²) in [4.78, 5) is 42.4. The van der Waals surface area contributed by atoms with Crippen LogP contribution >= 0.6 is 0 Å². The summed E-state index contributed by atoms with van der Waals surface area (Å²) in [5.74, 6) is -0.661. The second-order valence-corrected chi connectivity index (χ2v) is 10.1. The van der Waals surface area contributed by atoms with E-state index in [2.05, 4.69) is 22.0 Å². The molecule has 1 aromatic carbocycles. The maximum Gasteiger partial charge on any atom is 0.405 e. The summed E-state index contributed by atoms with van der Waals surface area (Å²) >= 11 is 0. The number of esters is 1. The van der Waals surface area contributed by atoms with Gasteiger partial charge >= 0.3 is 12.1 Å². The topological polar surface area (TPSA) is 102 Å². The third-order valence-electron chi connectivity index (χ3n) is 7.76. The first kappa shape index (κ1) is 25.2. The molecular weight excluding hydrogens is 455 g/mol. The minimum absolute atomic E-state index is 0.125. The number of piperidine rings is 1. The SMILES string of the molecule is C[C@H](NC(=O)O)C(=O)N1CCC2(CC1)C[C@H](CCN1CCN(c3ccc(F)cc3)C[C@@H]1C)OC2=O. The number of carbonyl (C=O) groups excluding carboxylic acids is 2. The molecule has 1 aromatic rings. The molecule has 3 saturated heterocycles. The van der Waals surface area contributed by atoms with Crippen molar-refractivity contribution in [1.82, 2.24) is 15.1 Å². The predicted octanol–water partition coefficient (Wildman–Crippen LogP) is 2.31. The van der Waals surface area contributed by atoms with Crippen LogP contribution in [0, 0.1) is 11.2 Å². The molecule has 0 aromatic heterocycles. The number of halogens is 1. The van der Waals surface area contributed by atoms with Crippen molar-refractivity contribution in [3.63, 3.8) is 0 Å². The van der Waals surface area contributed by atoms with Gasteiger partial charge in [-0.25, -0.2) is 9.18 Å². The van der Waals surface area contributed by atoms with Crippen LogP contribution in [-0.2, 0) is 14.3 Å². The van der Waals surface area contributed by atoms with Gasteiger partial charge in [0, 0.05) is 57.4 Å². The van der Waals surface area contributed by atoms with Gasteiger partial charge in [-0.15, -0.1) is 0 Å². The van der Waals surface area contributed by atoms with E-state index in [0.717, 1.165) is 38.3 Å². The average molecular weight is 491 g/mol. The molecule has 3 fully saturated rings. The molecule has 10 heteroatoms. The Morgan fingerprint density at radius 2 is 1.89 bits per heavy atom. The number of amides is 2. The molecule has 4 rings (SSSR count). The van der Waals surface area contributed by atoms with E-state index in [1.165, 1.54) is 19.1 Å². The largest absolute Gasteiger partial charge is 0.465 e. The molecule has 0 bridgehead atoms. The third kappa shape index (κ3) is 5.69. The maximum absolute atomic E-state index is 13.2. The summed E-state index contributed by atoms with van der Waals surface area (Å²) in [6, 6.07) is 6.13. The van der Waals surface area contributed by atoms with Gasteiger partial charge in [0.15, 0.2) is 0 Å². The Morgan fingerprint density at radius 3 is 2.51 bits per heavy atom. The minimum atomic E-state index is -1.23. The van der Waals surface area contributed by atoms with Crippen LogP contribution in [0.1, 0.15) is 39.5 Å². The van der Waals surface area contributed by atoms with Gasteiger partial charge < -0.3 is 25.0 Å². The monoisotopic (exact) mass is 490 g/mol. The van der Waals surface area contributed by atoms with Crippen LogP contribution in [0.5, 0.6) is 0 Å². The van der Waals surface area contributed by atoms with Crippen LogP contribution in [0.15, 0.2) is 24.3 Å². The number of ether oxygens (including phenoxy) is 1. The summed E-state index contributed by atoms with van der Waals surface area (Å²) in [5.41, 5.74) is 0.486. The molecule has 35 heavy (non-hydrogen) atoms. The number of carboxylic acid groups (broad SMARTS) is 1. The molecule has 9 nitrogen and oxygen atoms in total. The lowest BCUT2D eigenvalue weighted by atomic mass is 9.75. The standard InChI is InChI=1S/C25H35FN4O5/c1-17-16-30(20-5-3-19(26)4-6-20)14-13-28(17)10-7-21-15-25(23(32)35-21)8-11-29(12-9-25)22(31)18(2)27-24(33)34/h3-6,17-18,21,27H,7-16H2,1-2H3,(H,33,34)/t17-,18-,21-/m0/s1. The molecule has 2 N–H and O–H groups in total. The number of carbonyl (C=O) groups is 3. The van der Waals surface area contributed by atoms with Gasteiger partial charge in [0.1, 0.15) is 18.0 Å². The Kier molecular flexibility index (Phi) is 7.49.